The van der Waals surface area contributed by atoms with Gasteiger partial charge in [0, 0.05) is 0 Å². The Labute approximate surface area is 66.7 Å². The fourth-order valence-electron chi connectivity index (χ4n) is 0.686. The van der Waals surface area contributed by atoms with E-state index < -0.39 is 12.4 Å². The highest BCUT2D eigenvalue weighted by Gasteiger charge is 2.16. The first kappa shape index (κ1) is 10.2. The number of nitrogens with two attached hydrogens (primary N) is 1. The Morgan fingerprint density at radius 2 is 1.91 bits per heavy atom. The molecule has 0 spiro atoms. The Morgan fingerprint density at radius 1 is 1.45 bits per heavy atom. The molecule has 0 aliphatic rings. The predicted octanol–water partition coefficient (Wildman–Crippen LogP) is 1.24. The second kappa shape index (κ2) is 3.57. The molecule has 4 nitrogen and oxygen atoms in total. The van der Waals surface area contributed by atoms with E-state index in [9.17, 15) is 4.79 Å². The highest BCUT2D eigenvalue weighted by Crippen LogP contribution is 2.10. The van der Waals surface area contributed by atoms with Crippen LogP contribution in [0.15, 0.2) is 0 Å². The summed E-state index contributed by atoms with van der Waals surface area (Å²) in [6, 6.07) is 0. The van der Waals surface area contributed by atoms with Gasteiger partial charge in [-0.15, -0.1) is 0 Å². The molecule has 0 aromatic rings. The van der Waals surface area contributed by atoms with E-state index in [0.29, 0.717) is 0 Å². The van der Waals surface area contributed by atoms with Gasteiger partial charge in [-0.05, 0) is 27.7 Å². The highest BCUT2D eigenvalue weighted by atomic mass is 16.7. The second-order valence-corrected chi connectivity index (χ2v) is 3.23. The van der Waals surface area contributed by atoms with Gasteiger partial charge in [0.05, 0.1) is 5.60 Å². The van der Waals surface area contributed by atoms with Gasteiger partial charge in [0.15, 0.2) is 0 Å². The van der Waals surface area contributed by atoms with E-state index in [2.05, 4.69) is 4.74 Å². The van der Waals surface area contributed by atoms with Crippen molar-refractivity contribution in [1.82, 2.24) is 0 Å². The van der Waals surface area contributed by atoms with Crippen molar-refractivity contribution in [3.05, 3.63) is 0 Å². The van der Waals surface area contributed by atoms with E-state index in [0.717, 1.165) is 0 Å². The summed E-state index contributed by atoms with van der Waals surface area (Å²) in [6.45, 7) is 7.23. The summed E-state index contributed by atoms with van der Waals surface area (Å²) in [7, 11) is 0. The van der Waals surface area contributed by atoms with Gasteiger partial charge >= 0.3 is 6.09 Å². The van der Waals surface area contributed by atoms with Crippen LogP contribution in [0.4, 0.5) is 4.79 Å². The van der Waals surface area contributed by atoms with Gasteiger partial charge in [-0.3, -0.25) is 0 Å². The molecular formula is C7H15NO3. The fourth-order valence-corrected chi connectivity index (χ4v) is 0.686. The third kappa shape index (κ3) is 7.12. The van der Waals surface area contributed by atoms with Crippen LogP contribution in [0.25, 0.3) is 0 Å². The lowest BCUT2D eigenvalue weighted by atomic mass is 10.2. The Kier molecular flexibility index (Phi) is 3.32. The zero-order chi connectivity index (χ0) is 9.07. The maximum absolute atomic E-state index is 10.2. The number of hydrogen-bond donors (Lipinski definition) is 1. The molecule has 1 unspecified atom stereocenters. The summed E-state index contributed by atoms with van der Waals surface area (Å²) >= 11 is 0. The zero-order valence-electron chi connectivity index (χ0n) is 7.38. The third-order valence-corrected chi connectivity index (χ3v) is 0.802. The molecule has 0 aromatic carbocycles. The molecule has 0 rings (SSSR count). The Morgan fingerprint density at radius 3 is 2.18 bits per heavy atom. The van der Waals surface area contributed by atoms with Crippen molar-refractivity contribution in [1.29, 1.82) is 0 Å². The van der Waals surface area contributed by atoms with Crippen molar-refractivity contribution in [2.24, 2.45) is 5.73 Å². The molecule has 4 heteroatoms. The van der Waals surface area contributed by atoms with E-state index in [1.807, 2.05) is 20.8 Å². The topological polar surface area (TPSA) is 61.5 Å². The minimum atomic E-state index is -0.818. The van der Waals surface area contributed by atoms with Crippen LogP contribution in [0.2, 0.25) is 0 Å². The van der Waals surface area contributed by atoms with Crippen molar-refractivity contribution >= 4 is 6.09 Å². The van der Waals surface area contributed by atoms with Gasteiger partial charge in [-0.1, -0.05) is 0 Å². The third-order valence-electron chi connectivity index (χ3n) is 0.802. The fraction of sp³-hybridized carbons (Fsp3) is 0.857. The second-order valence-electron chi connectivity index (χ2n) is 3.23. The molecule has 0 aliphatic carbocycles. The van der Waals surface area contributed by atoms with E-state index in [1.54, 1.807) is 6.92 Å². The van der Waals surface area contributed by atoms with Crippen molar-refractivity contribution < 1.29 is 14.3 Å². The number of hydrogen-bond acceptors (Lipinski definition) is 3. The first-order valence-corrected chi connectivity index (χ1v) is 3.45. The Balaban J connectivity index is 3.69. The summed E-state index contributed by atoms with van der Waals surface area (Å²) in [5, 5.41) is 0. The van der Waals surface area contributed by atoms with E-state index in [4.69, 9.17) is 10.5 Å². The number of carbonyl (C=O) groups excluding carboxylic acids is 1. The predicted molar refractivity (Wildman–Crippen MR) is 41.0 cm³/mol. The SMILES string of the molecule is CC(OC(N)=O)OC(C)(C)C. The van der Waals surface area contributed by atoms with Crippen LogP contribution >= 0.6 is 0 Å². The van der Waals surface area contributed by atoms with Gasteiger partial charge in [0.2, 0.25) is 6.29 Å². The van der Waals surface area contributed by atoms with Crippen molar-refractivity contribution in [2.45, 2.75) is 39.6 Å². The standard InChI is InChI=1S/C7H15NO3/c1-5(10-6(8)9)11-7(2,3)4/h5H,1-4H3,(H2,8,9). The van der Waals surface area contributed by atoms with E-state index in [-0.39, 0.29) is 5.60 Å². The lowest BCUT2D eigenvalue weighted by Gasteiger charge is -2.23. The number of carbonyl (C=O) groups is 1. The molecule has 11 heavy (non-hydrogen) atoms. The van der Waals surface area contributed by atoms with Crippen LogP contribution < -0.4 is 5.73 Å². The minimum absolute atomic E-state index is 0.325. The van der Waals surface area contributed by atoms with Crippen LogP contribution in [0.3, 0.4) is 0 Å². The smallest absolute Gasteiger partial charge is 0.406 e. The van der Waals surface area contributed by atoms with Crippen molar-refractivity contribution in [2.75, 3.05) is 0 Å². The van der Waals surface area contributed by atoms with E-state index in [1.165, 1.54) is 0 Å². The number of ether oxygens (including phenoxy) is 2. The van der Waals surface area contributed by atoms with Crippen LogP contribution in [-0.4, -0.2) is 18.0 Å². The van der Waals surface area contributed by atoms with E-state index >= 15 is 0 Å². The van der Waals surface area contributed by atoms with Gasteiger partial charge in [0.1, 0.15) is 0 Å². The van der Waals surface area contributed by atoms with Crippen LogP contribution in [0.5, 0.6) is 0 Å². The molecule has 0 aromatic heterocycles. The summed E-state index contributed by atoms with van der Waals surface area (Å²) in [5.74, 6) is 0. The quantitative estimate of drug-likeness (QED) is 0.620. The molecule has 1 amide bonds. The molecule has 66 valence electrons. The Hall–Kier alpha value is -0.770. The van der Waals surface area contributed by atoms with Gasteiger partial charge in [0.25, 0.3) is 0 Å². The summed E-state index contributed by atoms with van der Waals surface area (Å²) in [4.78, 5) is 10.2. The molecule has 1 atom stereocenters. The first-order chi connectivity index (χ1) is 4.81. The summed E-state index contributed by atoms with van der Waals surface area (Å²) in [5.41, 5.74) is 4.45. The summed E-state index contributed by atoms with van der Waals surface area (Å²) in [6.07, 6.45) is -1.41. The van der Waals surface area contributed by atoms with Crippen molar-refractivity contribution in [3.63, 3.8) is 0 Å². The molecule has 0 fully saturated rings. The largest absolute Gasteiger partial charge is 0.420 e. The first-order valence-electron chi connectivity index (χ1n) is 3.45. The molecule has 0 bridgehead atoms. The maximum Gasteiger partial charge on any atom is 0.406 e. The average Bonchev–Trinajstić information content (AvgIpc) is 1.53. The van der Waals surface area contributed by atoms with Gasteiger partial charge in [-0.25, -0.2) is 4.79 Å². The number of amides is 1. The molecule has 2 N–H and O–H groups in total. The lowest BCUT2D eigenvalue weighted by molar-refractivity contribution is -0.154. The zero-order valence-corrected chi connectivity index (χ0v) is 7.38. The van der Waals surface area contributed by atoms with Crippen molar-refractivity contribution in [3.8, 4) is 0 Å². The molecule has 0 saturated heterocycles. The number of rotatable bonds is 2. The Bertz CT molecular complexity index is 139. The van der Waals surface area contributed by atoms with Crippen LogP contribution in [-0.2, 0) is 9.47 Å². The molecular weight excluding hydrogens is 146 g/mol. The maximum atomic E-state index is 10.2. The monoisotopic (exact) mass is 161 g/mol. The highest BCUT2D eigenvalue weighted by molar-refractivity contribution is 5.64. The number of primary amides is 1. The van der Waals surface area contributed by atoms with Crippen LogP contribution in [0, 0.1) is 0 Å². The van der Waals surface area contributed by atoms with Crippen LogP contribution in [0.1, 0.15) is 27.7 Å². The average molecular weight is 161 g/mol. The minimum Gasteiger partial charge on any atom is -0.420 e. The van der Waals surface area contributed by atoms with Gasteiger partial charge in [-0.2, -0.15) is 0 Å². The molecule has 0 aliphatic heterocycles. The summed E-state index contributed by atoms with van der Waals surface area (Å²) < 4.78 is 9.77. The molecule has 0 heterocycles. The lowest BCUT2D eigenvalue weighted by Crippen LogP contribution is -2.30. The normalized spacial score (nSPS) is 14.2. The van der Waals surface area contributed by atoms with Gasteiger partial charge < -0.3 is 15.2 Å². The molecule has 0 radical (unpaired) electrons. The molecule has 0 saturated carbocycles.